The highest BCUT2D eigenvalue weighted by atomic mass is 16.4. The van der Waals surface area contributed by atoms with Crippen LogP contribution in [0.5, 0.6) is 0 Å². The molecule has 0 spiro atoms. The lowest BCUT2D eigenvalue weighted by atomic mass is 9.99. The third kappa shape index (κ3) is 5.52. The van der Waals surface area contributed by atoms with Crippen molar-refractivity contribution in [1.29, 1.82) is 0 Å². The van der Waals surface area contributed by atoms with Crippen LogP contribution in [0, 0.1) is 19.8 Å². The monoisotopic (exact) mass is 414 g/mol. The first kappa shape index (κ1) is 22.3. The molecule has 1 aromatic heterocycles. The number of carboxylic acid groups (broad SMARTS) is 2. The van der Waals surface area contributed by atoms with Crippen LogP contribution < -0.4 is 16.5 Å². The van der Waals surface area contributed by atoms with Crippen molar-refractivity contribution in [3.05, 3.63) is 52.8 Å². The predicted molar refractivity (Wildman–Crippen MR) is 110 cm³/mol. The van der Waals surface area contributed by atoms with E-state index in [1.807, 2.05) is 19.9 Å². The van der Waals surface area contributed by atoms with E-state index in [0.717, 1.165) is 28.2 Å². The zero-order chi connectivity index (χ0) is 22.3. The van der Waals surface area contributed by atoms with Gasteiger partial charge in [-0.05, 0) is 31.1 Å². The number of carbonyl (C=O) groups excluding carboxylic acids is 1. The quantitative estimate of drug-likeness (QED) is 0.377. The maximum absolute atomic E-state index is 11.8. The SMILES string of the molecule is Cc1[nH]c(C=C2NC=CN=C2C2C=NNC2=O)c(C)c1CN.O=C(O)/C=C\C(=O)O. The highest BCUT2D eigenvalue weighted by Gasteiger charge is 2.29. The molecule has 1 atom stereocenters. The number of nitrogens with zero attached hydrogens (tertiary/aromatic N) is 2. The number of aromatic amines is 1. The van der Waals surface area contributed by atoms with Crippen molar-refractivity contribution >= 4 is 35.8 Å². The second kappa shape index (κ2) is 9.98. The number of rotatable bonds is 5. The Morgan fingerprint density at radius 1 is 1.23 bits per heavy atom. The first-order chi connectivity index (χ1) is 14.2. The average Bonchev–Trinajstić information content (AvgIpc) is 3.23. The van der Waals surface area contributed by atoms with Gasteiger partial charge in [0.25, 0.3) is 5.91 Å². The highest BCUT2D eigenvalue weighted by molar-refractivity contribution is 6.24. The molecule has 1 unspecified atom stereocenters. The van der Waals surface area contributed by atoms with Crippen LogP contribution in [0.3, 0.4) is 0 Å². The summed E-state index contributed by atoms with van der Waals surface area (Å²) in [4.78, 5) is 38.6. The van der Waals surface area contributed by atoms with Crippen LogP contribution in [0.4, 0.5) is 0 Å². The molecule has 3 rings (SSSR count). The number of hydrazone groups is 1. The summed E-state index contributed by atoms with van der Waals surface area (Å²) in [7, 11) is 0. The molecule has 3 heterocycles. The molecule has 7 N–H and O–H groups in total. The van der Waals surface area contributed by atoms with E-state index in [4.69, 9.17) is 15.9 Å². The van der Waals surface area contributed by atoms with Gasteiger partial charge in [0.2, 0.25) is 0 Å². The number of nitrogens with two attached hydrogens (primary N) is 1. The smallest absolute Gasteiger partial charge is 0.328 e. The van der Waals surface area contributed by atoms with Gasteiger partial charge < -0.3 is 26.2 Å². The zero-order valence-corrected chi connectivity index (χ0v) is 16.3. The maximum atomic E-state index is 11.8. The van der Waals surface area contributed by atoms with Crippen LogP contribution >= 0.6 is 0 Å². The zero-order valence-electron chi connectivity index (χ0n) is 16.3. The summed E-state index contributed by atoms with van der Waals surface area (Å²) >= 11 is 0. The molecule has 0 fully saturated rings. The van der Waals surface area contributed by atoms with E-state index >= 15 is 0 Å². The average molecular weight is 414 g/mol. The summed E-state index contributed by atoms with van der Waals surface area (Å²) < 4.78 is 0. The van der Waals surface area contributed by atoms with E-state index in [1.165, 1.54) is 0 Å². The molecule has 0 saturated heterocycles. The summed E-state index contributed by atoms with van der Waals surface area (Å²) in [6.45, 7) is 4.51. The van der Waals surface area contributed by atoms with Crippen molar-refractivity contribution in [2.24, 2.45) is 21.7 Å². The Morgan fingerprint density at radius 3 is 2.40 bits per heavy atom. The number of hydrogen-bond donors (Lipinski definition) is 6. The lowest BCUT2D eigenvalue weighted by Crippen LogP contribution is -2.32. The molecule has 158 valence electrons. The Kier molecular flexibility index (Phi) is 7.42. The van der Waals surface area contributed by atoms with Crippen molar-refractivity contribution in [2.45, 2.75) is 20.4 Å². The molecule has 11 nitrogen and oxygen atoms in total. The molecular weight excluding hydrogens is 392 g/mol. The van der Waals surface area contributed by atoms with E-state index in [2.05, 4.69) is 25.8 Å². The van der Waals surface area contributed by atoms with Gasteiger partial charge in [0.15, 0.2) is 0 Å². The summed E-state index contributed by atoms with van der Waals surface area (Å²) in [5.74, 6) is -3.17. The van der Waals surface area contributed by atoms with Gasteiger partial charge in [0.05, 0.1) is 11.4 Å². The normalized spacial score (nSPS) is 18.6. The number of amides is 1. The van der Waals surface area contributed by atoms with Gasteiger partial charge in [-0.3, -0.25) is 9.79 Å². The number of nitrogens with one attached hydrogen (secondary N) is 3. The standard InChI is InChI=1S/C15H18N6O.C4H4O4/c1-8-10(6-16)9(2)20-12(8)5-13-14(18-4-3-17-13)11-7-19-21-15(11)22;5-3(6)1-2-4(7)8/h3-5,7,11,17,20H,6,16H2,1-2H3,(H,21,22);1-2H,(H,5,6)(H,7,8)/b;2-1-. The number of aliphatic carboxylic acids is 2. The molecule has 0 aliphatic carbocycles. The summed E-state index contributed by atoms with van der Waals surface area (Å²) in [6.07, 6.45) is 7.99. The molecule has 0 radical (unpaired) electrons. The van der Waals surface area contributed by atoms with Gasteiger partial charge in [-0.2, -0.15) is 5.10 Å². The molecule has 0 saturated carbocycles. The minimum absolute atomic E-state index is 0.177. The van der Waals surface area contributed by atoms with Crippen LogP contribution in [0.25, 0.3) is 6.08 Å². The summed E-state index contributed by atoms with van der Waals surface area (Å²) in [5, 5.41) is 22.6. The minimum Gasteiger partial charge on any atom is -0.478 e. The van der Waals surface area contributed by atoms with Gasteiger partial charge in [-0.1, -0.05) is 0 Å². The largest absolute Gasteiger partial charge is 0.478 e. The lowest BCUT2D eigenvalue weighted by molar-refractivity contribution is -0.134. The van der Waals surface area contributed by atoms with E-state index in [0.29, 0.717) is 24.4 Å². The molecule has 30 heavy (non-hydrogen) atoms. The van der Waals surface area contributed by atoms with Crippen molar-refractivity contribution in [3.63, 3.8) is 0 Å². The van der Waals surface area contributed by atoms with Crippen LogP contribution in [0.1, 0.15) is 22.5 Å². The number of aryl methyl sites for hydroxylation is 1. The molecule has 2 aliphatic heterocycles. The molecule has 0 aromatic carbocycles. The van der Waals surface area contributed by atoms with Crippen molar-refractivity contribution in [2.75, 3.05) is 0 Å². The number of H-pyrrole nitrogens is 1. The van der Waals surface area contributed by atoms with Crippen LogP contribution in [0.2, 0.25) is 0 Å². The maximum Gasteiger partial charge on any atom is 0.328 e. The van der Waals surface area contributed by atoms with Gasteiger partial charge in [-0.15, -0.1) is 0 Å². The van der Waals surface area contributed by atoms with E-state index in [-0.39, 0.29) is 5.91 Å². The highest BCUT2D eigenvalue weighted by Crippen LogP contribution is 2.21. The number of carboxylic acids is 2. The summed E-state index contributed by atoms with van der Waals surface area (Å²) in [6, 6.07) is 0. The third-order valence-corrected chi connectivity index (χ3v) is 4.27. The number of aromatic nitrogens is 1. The minimum atomic E-state index is -1.26. The Morgan fingerprint density at radius 2 is 1.90 bits per heavy atom. The van der Waals surface area contributed by atoms with E-state index in [1.54, 1.807) is 18.6 Å². The lowest BCUT2D eigenvalue weighted by Gasteiger charge is -2.16. The van der Waals surface area contributed by atoms with Gasteiger partial charge in [-0.25, -0.2) is 15.0 Å². The Hall–Kier alpha value is -3.99. The fourth-order valence-corrected chi connectivity index (χ4v) is 2.81. The number of hydrogen-bond acceptors (Lipinski definition) is 7. The molecule has 1 aromatic rings. The second-order valence-electron chi connectivity index (χ2n) is 6.25. The Balaban J connectivity index is 0.000000343. The second-order valence-corrected chi connectivity index (χ2v) is 6.25. The fraction of sp³-hybridized carbons (Fsp3) is 0.211. The topological polar surface area (TPSA) is 182 Å². The van der Waals surface area contributed by atoms with E-state index in [9.17, 15) is 14.4 Å². The van der Waals surface area contributed by atoms with Crippen molar-refractivity contribution in [1.82, 2.24) is 15.7 Å². The van der Waals surface area contributed by atoms with Crippen LogP contribution in [-0.4, -0.2) is 45.0 Å². The Bertz CT molecular complexity index is 983. The van der Waals surface area contributed by atoms with Crippen molar-refractivity contribution in [3.8, 4) is 0 Å². The first-order valence-electron chi connectivity index (χ1n) is 8.81. The fourth-order valence-electron chi connectivity index (χ4n) is 2.81. The van der Waals surface area contributed by atoms with Gasteiger partial charge >= 0.3 is 11.9 Å². The van der Waals surface area contributed by atoms with Crippen molar-refractivity contribution < 1.29 is 24.6 Å². The van der Waals surface area contributed by atoms with Gasteiger partial charge in [0.1, 0.15) is 5.92 Å². The summed E-state index contributed by atoms with van der Waals surface area (Å²) in [5.41, 5.74) is 13.8. The number of allylic oxidation sites excluding steroid dienone is 1. The molecule has 0 bridgehead atoms. The number of aliphatic imine (C=N–C) groups is 1. The number of carbonyl (C=O) groups is 3. The van der Waals surface area contributed by atoms with Crippen LogP contribution in [-0.2, 0) is 20.9 Å². The van der Waals surface area contributed by atoms with Crippen LogP contribution in [0.15, 0.2) is 40.3 Å². The molecule has 11 heteroatoms. The Labute approximate surface area is 171 Å². The van der Waals surface area contributed by atoms with E-state index < -0.39 is 17.9 Å². The molecule has 1 amide bonds. The molecular formula is C19H22N6O5. The third-order valence-electron chi connectivity index (χ3n) is 4.27. The van der Waals surface area contributed by atoms with Gasteiger partial charge in [0, 0.05) is 48.7 Å². The molecule has 2 aliphatic rings. The first-order valence-corrected chi connectivity index (χ1v) is 8.81. The predicted octanol–water partition coefficient (Wildman–Crippen LogP) is 0.390.